The van der Waals surface area contributed by atoms with Crippen LogP contribution in [-0.2, 0) is 11.0 Å². The summed E-state index contributed by atoms with van der Waals surface area (Å²) < 4.78 is 37.4. The second-order valence-electron chi connectivity index (χ2n) is 6.27. The smallest absolute Gasteiger partial charge is 0.344 e. The summed E-state index contributed by atoms with van der Waals surface area (Å²) in [6.07, 6.45) is -3.81. The van der Waals surface area contributed by atoms with Crippen LogP contribution in [0.25, 0.3) is 0 Å². The number of likely N-dealkylation sites (N-methyl/N-ethyl adjacent to an activating group) is 1. The number of nitrogens with two attached hydrogens (primary N) is 1. The molecule has 140 valence electrons. The third kappa shape index (κ3) is 6.74. The van der Waals surface area contributed by atoms with Crippen LogP contribution >= 0.6 is 0 Å². The number of alkyl halides is 3. The van der Waals surface area contributed by atoms with Crippen LogP contribution in [0.4, 0.5) is 13.2 Å². The zero-order valence-electron chi connectivity index (χ0n) is 14.6. The van der Waals surface area contributed by atoms with Gasteiger partial charge in [0.05, 0.1) is 12.1 Å². The molecule has 25 heavy (non-hydrogen) atoms. The lowest BCUT2D eigenvalue weighted by molar-refractivity contribution is -0.137. The van der Waals surface area contributed by atoms with Crippen molar-refractivity contribution in [3.63, 3.8) is 0 Å². The van der Waals surface area contributed by atoms with E-state index in [4.69, 9.17) is 5.73 Å². The molecular weight excluding hydrogens is 335 g/mol. The number of hydrogen-bond acceptors (Lipinski definition) is 3. The number of hydrogen-bond donors (Lipinski definition) is 2. The summed E-state index contributed by atoms with van der Waals surface area (Å²) in [6.45, 7) is 4.23. The molecule has 0 spiro atoms. The van der Waals surface area contributed by atoms with Gasteiger partial charge in [-0.25, -0.2) is 0 Å². The minimum atomic E-state index is -4.45. The Hall–Kier alpha value is -2.09. The number of benzene rings is 1. The average molecular weight is 359 g/mol. The predicted molar refractivity (Wildman–Crippen MR) is 88.8 cm³/mol. The molecule has 0 saturated carbocycles. The van der Waals surface area contributed by atoms with Crippen LogP contribution in [0.5, 0.6) is 0 Å². The van der Waals surface area contributed by atoms with Gasteiger partial charge in [0.1, 0.15) is 0 Å². The molecule has 1 aromatic carbocycles. The molecule has 1 rings (SSSR count). The van der Waals surface area contributed by atoms with Crippen molar-refractivity contribution in [3.05, 3.63) is 35.4 Å². The number of nitrogens with one attached hydrogen (secondary N) is 1. The van der Waals surface area contributed by atoms with E-state index in [1.54, 1.807) is 7.05 Å². The highest BCUT2D eigenvalue weighted by Gasteiger charge is 2.30. The third-order valence-corrected chi connectivity index (χ3v) is 3.95. The first kappa shape index (κ1) is 21.0. The molecule has 3 N–H and O–H groups in total. The van der Waals surface area contributed by atoms with Crippen LogP contribution in [0.3, 0.4) is 0 Å². The van der Waals surface area contributed by atoms with Crippen molar-refractivity contribution in [1.82, 2.24) is 10.2 Å². The molecule has 0 radical (unpaired) electrons. The molecular formula is C17H24F3N3O2. The van der Waals surface area contributed by atoms with Crippen LogP contribution in [0.1, 0.15) is 36.2 Å². The Morgan fingerprint density at radius 1 is 1.20 bits per heavy atom. The number of halogens is 3. The molecule has 0 saturated heterocycles. The van der Waals surface area contributed by atoms with Gasteiger partial charge in [0.25, 0.3) is 5.91 Å². The van der Waals surface area contributed by atoms with Crippen molar-refractivity contribution in [2.45, 2.75) is 32.5 Å². The van der Waals surface area contributed by atoms with E-state index in [1.165, 1.54) is 4.90 Å². The molecule has 1 atom stereocenters. The maximum absolute atomic E-state index is 12.5. The van der Waals surface area contributed by atoms with Crippen LogP contribution in [0.2, 0.25) is 0 Å². The Balaban J connectivity index is 2.48. The summed E-state index contributed by atoms with van der Waals surface area (Å²) in [5.41, 5.74) is 5.15. The third-order valence-electron chi connectivity index (χ3n) is 3.95. The summed E-state index contributed by atoms with van der Waals surface area (Å²) in [5.74, 6) is -0.589. The molecule has 8 heteroatoms. The highest BCUT2D eigenvalue weighted by molar-refractivity contribution is 5.96. The lowest BCUT2D eigenvalue weighted by Crippen LogP contribution is -2.40. The van der Waals surface area contributed by atoms with Gasteiger partial charge in [-0.15, -0.1) is 0 Å². The molecule has 0 fully saturated rings. The number of amides is 2. The topological polar surface area (TPSA) is 75.4 Å². The zero-order valence-corrected chi connectivity index (χ0v) is 14.6. The fraction of sp³-hybridized carbons (Fsp3) is 0.529. The van der Waals surface area contributed by atoms with E-state index in [-0.39, 0.29) is 24.1 Å². The van der Waals surface area contributed by atoms with E-state index >= 15 is 0 Å². The first-order chi connectivity index (χ1) is 11.5. The van der Waals surface area contributed by atoms with Crippen molar-refractivity contribution in [3.8, 4) is 0 Å². The maximum Gasteiger partial charge on any atom is 0.416 e. The monoisotopic (exact) mass is 359 g/mol. The van der Waals surface area contributed by atoms with Gasteiger partial charge in [-0.1, -0.05) is 13.8 Å². The molecule has 0 bridgehead atoms. The van der Waals surface area contributed by atoms with E-state index in [1.807, 2.05) is 13.8 Å². The SMILES string of the molecule is CC(C)C(N)CCN(C)C(=O)CNC(=O)c1ccc(C(F)(F)F)cc1. The number of nitrogens with zero attached hydrogens (tertiary/aromatic N) is 1. The highest BCUT2D eigenvalue weighted by atomic mass is 19.4. The van der Waals surface area contributed by atoms with Crippen molar-refractivity contribution >= 4 is 11.8 Å². The fourth-order valence-corrected chi connectivity index (χ4v) is 2.00. The Labute approximate surface area is 145 Å². The molecule has 1 aromatic rings. The summed E-state index contributed by atoms with van der Waals surface area (Å²) in [5, 5.41) is 2.41. The Morgan fingerprint density at radius 3 is 2.24 bits per heavy atom. The summed E-state index contributed by atoms with van der Waals surface area (Å²) in [6, 6.07) is 3.80. The molecule has 1 unspecified atom stereocenters. The maximum atomic E-state index is 12.5. The minimum Gasteiger partial charge on any atom is -0.344 e. The van der Waals surface area contributed by atoms with E-state index in [2.05, 4.69) is 5.32 Å². The molecule has 0 aromatic heterocycles. The van der Waals surface area contributed by atoms with Gasteiger partial charge in [-0.2, -0.15) is 13.2 Å². The molecule has 0 aliphatic carbocycles. The largest absolute Gasteiger partial charge is 0.416 e. The van der Waals surface area contributed by atoms with Crippen molar-refractivity contribution in [2.24, 2.45) is 11.7 Å². The minimum absolute atomic E-state index is 0.0167. The number of carbonyl (C=O) groups excluding carboxylic acids is 2. The van der Waals surface area contributed by atoms with Crippen LogP contribution in [-0.4, -0.2) is 42.9 Å². The first-order valence-corrected chi connectivity index (χ1v) is 7.97. The Bertz CT molecular complexity index is 586. The van der Waals surface area contributed by atoms with E-state index in [9.17, 15) is 22.8 Å². The molecule has 5 nitrogen and oxygen atoms in total. The van der Waals surface area contributed by atoms with Gasteiger partial charge in [-0.3, -0.25) is 9.59 Å². The Kier molecular flexibility index (Phi) is 7.41. The van der Waals surface area contributed by atoms with Gasteiger partial charge in [0, 0.05) is 25.2 Å². The second kappa shape index (κ2) is 8.84. The van der Waals surface area contributed by atoms with E-state index in [0.29, 0.717) is 18.9 Å². The lowest BCUT2D eigenvalue weighted by Gasteiger charge is -2.21. The molecule has 0 aliphatic rings. The van der Waals surface area contributed by atoms with Crippen molar-refractivity contribution < 1.29 is 22.8 Å². The molecule has 0 aliphatic heterocycles. The fourth-order valence-electron chi connectivity index (χ4n) is 2.00. The van der Waals surface area contributed by atoms with Gasteiger partial charge in [0.15, 0.2) is 0 Å². The van der Waals surface area contributed by atoms with Gasteiger partial charge in [0.2, 0.25) is 5.91 Å². The lowest BCUT2D eigenvalue weighted by atomic mass is 10.0. The number of rotatable bonds is 7. The summed E-state index contributed by atoms with van der Waals surface area (Å²) >= 11 is 0. The predicted octanol–water partition coefficient (Wildman–Crippen LogP) is 2.27. The summed E-state index contributed by atoms with van der Waals surface area (Å²) in [7, 11) is 1.61. The van der Waals surface area contributed by atoms with E-state index in [0.717, 1.165) is 24.3 Å². The molecule has 2 amide bonds. The highest BCUT2D eigenvalue weighted by Crippen LogP contribution is 2.29. The number of carbonyl (C=O) groups is 2. The van der Waals surface area contributed by atoms with Gasteiger partial charge < -0.3 is 16.0 Å². The van der Waals surface area contributed by atoms with Crippen LogP contribution in [0.15, 0.2) is 24.3 Å². The van der Waals surface area contributed by atoms with Gasteiger partial charge >= 0.3 is 6.18 Å². The second-order valence-corrected chi connectivity index (χ2v) is 6.27. The average Bonchev–Trinajstić information content (AvgIpc) is 2.55. The van der Waals surface area contributed by atoms with Crippen LogP contribution in [0, 0.1) is 5.92 Å². The quantitative estimate of drug-likeness (QED) is 0.784. The van der Waals surface area contributed by atoms with Crippen molar-refractivity contribution in [2.75, 3.05) is 20.1 Å². The standard InChI is InChI=1S/C17H24F3N3O2/c1-11(2)14(21)8-9-23(3)15(24)10-22-16(25)12-4-6-13(7-5-12)17(18,19)20/h4-7,11,14H,8-10,21H2,1-3H3,(H,22,25). The first-order valence-electron chi connectivity index (χ1n) is 7.97. The Morgan fingerprint density at radius 2 is 1.76 bits per heavy atom. The van der Waals surface area contributed by atoms with Crippen LogP contribution < -0.4 is 11.1 Å². The normalized spacial score (nSPS) is 12.8. The molecule has 0 heterocycles. The zero-order chi connectivity index (χ0) is 19.2. The summed E-state index contributed by atoms with van der Waals surface area (Å²) in [4.78, 5) is 25.3. The van der Waals surface area contributed by atoms with Crippen molar-refractivity contribution in [1.29, 1.82) is 0 Å². The van der Waals surface area contributed by atoms with Gasteiger partial charge in [-0.05, 0) is 36.6 Å². The van der Waals surface area contributed by atoms with E-state index < -0.39 is 17.6 Å².